The summed E-state index contributed by atoms with van der Waals surface area (Å²) in [4.78, 5) is 2.33. The molecule has 8 rings (SSSR count). The van der Waals surface area contributed by atoms with E-state index >= 15 is 0 Å². The van der Waals surface area contributed by atoms with Crippen LogP contribution < -0.4 is 10.6 Å². The van der Waals surface area contributed by atoms with E-state index in [1.807, 2.05) is 18.2 Å². The maximum absolute atomic E-state index is 6.77. The van der Waals surface area contributed by atoms with E-state index in [4.69, 9.17) is 5.73 Å². The summed E-state index contributed by atoms with van der Waals surface area (Å²) in [5.74, 6) is 0. The van der Waals surface area contributed by atoms with Crippen molar-refractivity contribution in [3.8, 4) is 0 Å². The molecule has 7 aromatic rings. The molecule has 7 aromatic carbocycles. The minimum Gasteiger partial charge on any atom is -0.398 e. The second-order valence-electron chi connectivity index (χ2n) is 12.4. The summed E-state index contributed by atoms with van der Waals surface area (Å²) in [6.07, 6.45) is 9.63. The third-order valence-corrected chi connectivity index (χ3v) is 9.45. The Hall–Kier alpha value is -6.38. The van der Waals surface area contributed by atoms with Gasteiger partial charge in [-0.15, -0.1) is 0 Å². The van der Waals surface area contributed by atoms with Gasteiger partial charge >= 0.3 is 0 Å². The van der Waals surface area contributed by atoms with Crippen LogP contribution in [-0.4, -0.2) is 0 Å². The summed E-state index contributed by atoms with van der Waals surface area (Å²) in [5.41, 5.74) is 18.6. The SMILES string of the molecule is C=C1c2ccccc2/C=C\N(c2cccc3c(C(/C=C(\N)c4ccccc4)=C/Cc4ccccc4)cccc23)c2ccc3ccccc3c21. The third-order valence-electron chi connectivity index (χ3n) is 9.45. The molecule has 0 unspecified atom stereocenters. The lowest BCUT2D eigenvalue weighted by Crippen LogP contribution is -2.13. The van der Waals surface area contributed by atoms with Gasteiger partial charge in [0.25, 0.3) is 0 Å². The van der Waals surface area contributed by atoms with Crippen LogP contribution in [0.2, 0.25) is 0 Å². The van der Waals surface area contributed by atoms with Crippen molar-refractivity contribution in [2.24, 2.45) is 5.73 Å². The van der Waals surface area contributed by atoms with Gasteiger partial charge in [-0.2, -0.15) is 0 Å². The van der Waals surface area contributed by atoms with Crippen LogP contribution in [0.5, 0.6) is 0 Å². The molecule has 1 aliphatic rings. The molecular formula is C47H36N2. The molecule has 0 saturated heterocycles. The highest BCUT2D eigenvalue weighted by Crippen LogP contribution is 2.44. The van der Waals surface area contributed by atoms with Gasteiger partial charge in [0, 0.05) is 22.8 Å². The van der Waals surface area contributed by atoms with E-state index in [1.54, 1.807) is 0 Å². The van der Waals surface area contributed by atoms with E-state index in [0.717, 1.165) is 73.2 Å². The first kappa shape index (κ1) is 30.0. The molecule has 0 aromatic heterocycles. The second kappa shape index (κ2) is 13.0. The van der Waals surface area contributed by atoms with Crippen molar-refractivity contribution in [3.63, 3.8) is 0 Å². The Morgan fingerprint density at radius 3 is 2.16 bits per heavy atom. The molecule has 0 aliphatic carbocycles. The number of nitrogens with two attached hydrogens (primary N) is 1. The molecule has 0 atom stereocenters. The lowest BCUT2D eigenvalue weighted by atomic mass is 9.88. The van der Waals surface area contributed by atoms with Gasteiger partial charge in [-0.05, 0) is 85.8 Å². The first-order valence-corrected chi connectivity index (χ1v) is 16.7. The average molecular weight is 629 g/mol. The third kappa shape index (κ3) is 5.75. The minimum absolute atomic E-state index is 0.734. The lowest BCUT2D eigenvalue weighted by Gasteiger charge is -2.29. The normalized spacial score (nSPS) is 13.9. The number of fused-ring (bicyclic) bond motifs is 5. The van der Waals surface area contributed by atoms with Crippen LogP contribution in [-0.2, 0) is 6.42 Å². The van der Waals surface area contributed by atoms with Crippen molar-refractivity contribution >= 4 is 55.8 Å². The summed E-state index contributed by atoms with van der Waals surface area (Å²) in [7, 11) is 0. The standard InChI is InChI=1S/C47H36N2/c1-33-39-20-10-8-17-36(39)30-31-49(46-29-28-35-16-9-11-21-41(35)47(33)46)45-25-13-23-42-40(22-12-24-43(42)45)38(27-26-34-14-4-2-5-15-34)32-44(48)37-18-6-3-7-19-37/h2-25,27-32H,1,26,48H2/b31-30-,38-27+,44-32-. The highest BCUT2D eigenvalue weighted by Gasteiger charge is 2.22. The Morgan fingerprint density at radius 2 is 1.31 bits per heavy atom. The fourth-order valence-corrected chi connectivity index (χ4v) is 7.00. The average Bonchev–Trinajstić information content (AvgIpc) is 3.16. The molecule has 0 bridgehead atoms. The molecule has 2 nitrogen and oxygen atoms in total. The fourth-order valence-electron chi connectivity index (χ4n) is 7.00. The Bertz CT molecular complexity index is 2430. The molecule has 234 valence electrons. The molecule has 1 aliphatic heterocycles. The Labute approximate surface area is 288 Å². The van der Waals surface area contributed by atoms with Crippen LogP contribution in [0, 0.1) is 0 Å². The minimum atomic E-state index is 0.734. The predicted molar refractivity (Wildman–Crippen MR) is 210 cm³/mol. The predicted octanol–water partition coefficient (Wildman–Crippen LogP) is 11.8. The highest BCUT2D eigenvalue weighted by molar-refractivity contribution is 6.09. The van der Waals surface area contributed by atoms with Gasteiger partial charge in [0.05, 0.1) is 11.4 Å². The Kier molecular flexibility index (Phi) is 7.97. The van der Waals surface area contributed by atoms with Gasteiger partial charge in [-0.1, -0.05) is 158 Å². The number of benzene rings is 7. The van der Waals surface area contributed by atoms with Crippen molar-refractivity contribution in [2.45, 2.75) is 6.42 Å². The van der Waals surface area contributed by atoms with Crippen molar-refractivity contribution in [2.75, 3.05) is 4.90 Å². The van der Waals surface area contributed by atoms with Gasteiger partial charge < -0.3 is 10.6 Å². The molecule has 0 fully saturated rings. The van der Waals surface area contributed by atoms with Gasteiger partial charge in [-0.25, -0.2) is 0 Å². The second-order valence-corrected chi connectivity index (χ2v) is 12.4. The van der Waals surface area contributed by atoms with Gasteiger partial charge in [-0.3, -0.25) is 0 Å². The summed E-state index contributed by atoms with van der Waals surface area (Å²) >= 11 is 0. The first-order valence-electron chi connectivity index (χ1n) is 16.7. The summed E-state index contributed by atoms with van der Waals surface area (Å²) in [5, 5.41) is 4.70. The zero-order chi connectivity index (χ0) is 33.2. The quantitative estimate of drug-likeness (QED) is 0.186. The molecule has 49 heavy (non-hydrogen) atoms. The molecule has 0 saturated carbocycles. The van der Waals surface area contributed by atoms with Gasteiger partial charge in [0.15, 0.2) is 0 Å². The topological polar surface area (TPSA) is 29.3 Å². The molecule has 0 amide bonds. The van der Waals surface area contributed by atoms with E-state index in [0.29, 0.717) is 0 Å². The van der Waals surface area contributed by atoms with E-state index in [1.165, 1.54) is 16.3 Å². The number of anilines is 2. The highest BCUT2D eigenvalue weighted by atomic mass is 15.1. The largest absolute Gasteiger partial charge is 0.398 e. The molecular weight excluding hydrogens is 593 g/mol. The maximum Gasteiger partial charge on any atom is 0.0540 e. The summed E-state index contributed by atoms with van der Waals surface area (Å²) in [6, 6.07) is 55.5. The van der Waals surface area contributed by atoms with E-state index < -0.39 is 0 Å². The number of allylic oxidation sites excluding steroid dienone is 3. The van der Waals surface area contributed by atoms with Crippen molar-refractivity contribution < 1.29 is 0 Å². The number of rotatable bonds is 6. The Balaban J connectivity index is 1.33. The van der Waals surface area contributed by atoms with Crippen molar-refractivity contribution in [3.05, 3.63) is 216 Å². The van der Waals surface area contributed by atoms with Crippen molar-refractivity contribution in [1.29, 1.82) is 0 Å². The zero-order valence-electron chi connectivity index (χ0n) is 27.3. The maximum atomic E-state index is 6.77. The molecule has 0 radical (unpaired) electrons. The Morgan fingerprint density at radius 1 is 0.612 bits per heavy atom. The number of nitrogens with zero attached hydrogens (tertiary/aromatic N) is 1. The zero-order valence-corrected chi connectivity index (χ0v) is 27.3. The van der Waals surface area contributed by atoms with E-state index in [-0.39, 0.29) is 0 Å². The summed E-state index contributed by atoms with van der Waals surface area (Å²) < 4.78 is 0. The van der Waals surface area contributed by atoms with Crippen molar-refractivity contribution in [1.82, 2.24) is 0 Å². The van der Waals surface area contributed by atoms with E-state index in [2.05, 4.69) is 175 Å². The monoisotopic (exact) mass is 628 g/mol. The summed E-state index contributed by atoms with van der Waals surface area (Å²) in [6.45, 7) is 4.69. The van der Waals surface area contributed by atoms with Crippen LogP contribution in [0.1, 0.15) is 33.4 Å². The van der Waals surface area contributed by atoms with Crippen LogP contribution in [0.3, 0.4) is 0 Å². The number of hydrogen-bond acceptors (Lipinski definition) is 2. The van der Waals surface area contributed by atoms with Crippen LogP contribution >= 0.6 is 0 Å². The van der Waals surface area contributed by atoms with Crippen LogP contribution in [0.4, 0.5) is 11.4 Å². The van der Waals surface area contributed by atoms with Gasteiger partial charge in [0.2, 0.25) is 0 Å². The molecule has 0 spiro atoms. The smallest absolute Gasteiger partial charge is 0.0540 e. The molecule has 2 N–H and O–H groups in total. The van der Waals surface area contributed by atoms with Crippen LogP contribution in [0.25, 0.3) is 44.5 Å². The number of hydrogen-bond donors (Lipinski definition) is 1. The van der Waals surface area contributed by atoms with Gasteiger partial charge in [0.1, 0.15) is 0 Å². The molecule has 1 heterocycles. The first-order chi connectivity index (χ1) is 24.2. The van der Waals surface area contributed by atoms with E-state index in [9.17, 15) is 0 Å². The van der Waals surface area contributed by atoms with Crippen LogP contribution in [0.15, 0.2) is 183 Å². The fraction of sp³-hybridized carbons (Fsp3) is 0.0213. The molecule has 2 heteroatoms. The lowest BCUT2D eigenvalue weighted by molar-refractivity contribution is 1.27.